The molecule has 116 valence electrons. The summed E-state index contributed by atoms with van der Waals surface area (Å²) in [6.07, 6.45) is 0. The van der Waals surface area contributed by atoms with E-state index in [-0.39, 0.29) is 16.7 Å². The van der Waals surface area contributed by atoms with Gasteiger partial charge in [0.25, 0.3) is 0 Å². The van der Waals surface area contributed by atoms with Gasteiger partial charge in [0.2, 0.25) is 0 Å². The Bertz CT molecular complexity index is 790. The van der Waals surface area contributed by atoms with Gasteiger partial charge in [0.05, 0.1) is 10.1 Å². The van der Waals surface area contributed by atoms with Crippen LogP contribution >= 0.6 is 23.2 Å². The van der Waals surface area contributed by atoms with E-state index in [0.717, 1.165) is 5.56 Å². The molecule has 6 heteroatoms. The molecule has 0 aliphatic heterocycles. The summed E-state index contributed by atoms with van der Waals surface area (Å²) in [6.45, 7) is 0.328. The molecule has 3 rings (SSSR count). The Morgan fingerprint density at radius 2 is 1.68 bits per heavy atom. The van der Waals surface area contributed by atoms with Crippen molar-refractivity contribution in [3.8, 4) is 0 Å². The molecule has 0 heterocycles. The van der Waals surface area contributed by atoms with Crippen molar-refractivity contribution in [1.29, 1.82) is 0 Å². The van der Waals surface area contributed by atoms with Gasteiger partial charge in [0.1, 0.15) is 0 Å². The Balaban J connectivity index is 1.95. The third-order valence-electron chi connectivity index (χ3n) is 4.10. The molecule has 1 fully saturated rings. The zero-order valence-electron chi connectivity index (χ0n) is 11.6. The van der Waals surface area contributed by atoms with E-state index in [1.165, 1.54) is 0 Å². The molecular formula is C16H15Cl2NO2S. The fourth-order valence-corrected chi connectivity index (χ4v) is 5.53. The molecule has 0 spiro atoms. The lowest BCUT2D eigenvalue weighted by atomic mass is 10.1. The van der Waals surface area contributed by atoms with Crippen LogP contribution in [0.2, 0.25) is 10.0 Å². The van der Waals surface area contributed by atoms with Gasteiger partial charge in [-0.15, -0.1) is 0 Å². The first-order valence-electron chi connectivity index (χ1n) is 6.90. The Kier molecular flexibility index (Phi) is 4.21. The quantitative estimate of drug-likeness (QED) is 0.912. The number of hydrogen-bond donors (Lipinski definition) is 1. The van der Waals surface area contributed by atoms with Crippen LogP contribution in [-0.2, 0) is 9.84 Å². The van der Waals surface area contributed by atoms with Gasteiger partial charge in [-0.2, -0.15) is 0 Å². The van der Waals surface area contributed by atoms with Crippen molar-refractivity contribution >= 4 is 33.0 Å². The molecule has 2 N–H and O–H groups in total. The van der Waals surface area contributed by atoms with Gasteiger partial charge >= 0.3 is 0 Å². The number of benzene rings is 2. The van der Waals surface area contributed by atoms with Gasteiger partial charge in [-0.3, -0.25) is 0 Å². The van der Waals surface area contributed by atoms with Crippen LogP contribution in [0.3, 0.4) is 0 Å². The van der Waals surface area contributed by atoms with Crippen LogP contribution in [0.15, 0.2) is 53.4 Å². The van der Waals surface area contributed by atoms with Crippen LogP contribution in [0.5, 0.6) is 0 Å². The number of nitrogens with two attached hydrogens (primary N) is 1. The second kappa shape index (κ2) is 5.85. The molecule has 0 aromatic heterocycles. The number of hydrogen-bond acceptors (Lipinski definition) is 3. The Labute approximate surface area is 140 Å². The fraction of sp³-hybridized carbons (Fsp3) is 0.250. The standard InChI is InChI=1S/C16H15Cl2NO2S/c17-11-4-6-13(7-5-11)22(20,21)16-14(9-19)15(16)10-2-1-3-12(18)8-10/h1-8,14-16H,9,19H2/t14-,15+,16+/m1/s1. The second-order valence-electron chi connectivity index (χ2n) is 5.44. The topological polar surface area (TPSA) is 60.2 Å². The van der Waals surface area contributed by atoms with Crippen molar-refractivity contribution in [3.63, 3.8) is 0 Å². The first-order valence-corrected chi connectivity index (χ1v) is 9.20. The number of halogens is 2. The lowest BCUT2D eigenvalue weighted by Crippen LogP contribution is -2.13. The van der Waals surface area contributed by atoms with Gasteiger partial charge in [0.15, 0.2) is 9.84 Å². The summed E-state index contributed by atoms with van der Waals surface area (Å²) in [5, 5.41) is 0.608. The smallest absolute Gasteiger partial charge is 0.182 e. The molecule has 0 amide bonds. The summed E-state index contributed by atoms with van der Waals surface area (Å²) in [6, 6.07) is 13.6. The molecule has 3 atom stereocenters. The van der Waals surface area contributed by atoms with Crippen molar-refractivity contribution in [2.24, 2.45) is 11.7 Å². The molecule has 0 unspecified atom stereocenters. The minimum Gasteiger partial charge on any atom is -0.330 e. The third-order valence-corrected chi connectivity index (χ3v) is 6.88. The Morgan fingerprint density at radius 3 is 2.27 bits per heavy atom. The lowest BCUT2D eigenvalue weighted by molar-refractivity contribution is 0.591. The van der Waals surface area contributed by atoms with Crippen LogP contribution in [-0.4, -0.2) is 20.2 Å². The summed E-state index contributed by atoms with van der Waals surface area (Å²) >= 11 is 11.8. The van der Waals surface area contributed by atoms with E-state index < -0.39 is 15.1 Å². The zero-order valence-corrected chi connectivity index (χ0v) is 13.9. The molecule has 0 bridgehead atoms. The first kappa shape index (κ1) is 15.8. The van der Waals surface area contributed by atoms with Crippen molar-refractivity contribution in [3.05, 3.63) is 64.1 Å². The highest BCUT2D eigenvalue weighted by Gasteiger charge is 2.58. The van der Waals surface area contributed by atoms with Crippen LogP contribution in [0.1, 0.15) is 11.5 Å². The van der Waals surface area contributed by atoms with E-state index in [2.05, 4.69) is 0 Å². The van der Waals surface area contributed by atoms with Gasteiger partial charge in [-0.1, -0.05) is 35.3 Å². The highest BCUT2D eigenvalue weighted by molar-refractivity contribution is 7.92. The summed E-state index contributed by atoms with van der Waals surface area (Å²) < 4.78 is 25.6. The highest BCUT2D eigenvalue weighted by Crippen LogP contribution is 2.53. The molecule has 1 saturated carbocycles. The molecule has 1 aliphatic carbocycles. The average molecular weight is 356 g/mol. The molecule has 2 aromatic rings. The summed E-state index contributed by atoms with van der Waals surface area (Å²) in [7, 11) is -3.44. The number of rotatable bonds is 4. The van der Waals surface area contributed by atoms with Gasteiger partial charge < -0.3 is 5.73 Å². The van der Waals surface area contributed by atoms with Crippen molar-refractivity contribution < 1.29 is 8.42 Å². The van der Waals surface area contributed by atoms with Crippen molar-refractivity contribution in [1.82, 2.24) is 0 Å². The number of sulfone groups is 1. The van der Waals surface area contributed by atoms with E-state index in [1.54, 1.807) is 30.3 Å². The minimum atomic E-state index is -3.44. The molecule has 1 aliphatic rings. The fourth-order valence-electron chi connectivity index (χ4n) is 2.98. The minimum absolute atomic E-state index is 0.0841. The van der Waals surface area contributed by atoms with E-state index in [9.17, 15) is 8.42 Å². The lowest BCUT2D eigenvalue weighted by Gasteiger charge is -2.05. The maximum Gasteiger partial charge on any atom is 0.182 e. The highest BCUT2D eigenvalue weighted by atomic mass is 35.5. The van der Waals surface area contributed by atoms with E-state index >= 15 is 0 Å². The van der Waals surface area contributed by atoms with Crippen molar-refractivity contribution in [2.75, 3.05) is 6.54 Å². The maximum atomic E-state index is 12.8. The van der Waals surface area contributed by atoms with E-state index in [1.807, 2.05) is 18.2 Å². The van der Waals surface area contributed by atoms with E-state index in [0.29, 0.717) is 16.6 Å². The summed E-state index contributed by atoms with van der Waals surface area (Å²) in [5.41, 5.74) is 6.69. The van der Waals surface area contributed by atoms with Crippen LogP contribution < -0.4 is 5.73 Å². The van der Waals surface area contributed by atoms with Gasteiger partial charge in [-0.25, -0.2) is 8.42 Å². The molecule has 0 saturated heterocycles. The summed E-state index contributed by atoms with van der Waals surface area (Å²) in [5.74, 6) is -0.191. The predicted molar refractivity (Wildman–Crippen MR) is 89.2 cm³/mol. The molecule has 0 radical (unpaired) electrons. The molecule has 22 heavy (non-hydrogen) atoms. The van der Waals surface area contributed by atoms with Crippen molar-refractivity contribution in [2.45, 2.75) is 16.1 Å². The van der Waals surface area contributed by atoms with Crippen LogP contribution in [0.4, 0.5) is 0 Å². The zero-order chi connectivity index (χ0) is 15.9. The monoisotopic (exact) mass is 355 g/mol. The van der Waals surface area contributed by atoms with Crippen LogP contribution in [0.25, 0.3) is 0 Å². The largest absolute Gasteiger partial charge is 0.330 e. The predicted octanol–water partition coefficient (Wildman–Crippen LogP) is 3.51. The molecule has 3 nitrogen and oxygen atoms in total. The summed E-state index contributed by atoms with van der Waals surface area (Å²) in [4.78, 5) is 0.282. The molecular weight excluding hydrogens is 341 g/mol. The SMILES string of the molecule is NC[C@@H]1[C@H](c2cccc(Cl)c2)[C@H]1S(=O)(=O)c1ccc(Cl)cc1. The van der Waals surface area contributed by atoms with Gasteiger partial charge in [-0.05, 0) is 54.4 Å². The second-order valence-corrected chi connectivity index (χ2v) is 8.42. The van der Waals surface area contributed by atoms with Crippen LogP contribution in [0, 0.1) is 5.92 Å². The Hall–Kier alpha value is -1.07. The van der Waals surface area contributed by atoms with E-state index in [4.69, 9.17) is 28.9 Å². The molecule has 2 aromatic carbocycles. The maximum absolute atomic E-state index is 12.8. The Morgan fingerprint density at radius 1 is 1.00 bits per heavy atom. The average Bonchev–Trinajstić information content (AvgIpc) is 3.23. The first-order chi connectivity index (χ1) is 10.4. The normalized spacial score (nSPS) is 24.2. The van der Waals surface area contributed by atoms with Gasteiger partial charge in [0, 0.05) is 16.0 Å². The third kappa shape index (κ3) is 2.76.